The zero-order valence-electron chi connectivity index (χ0n) is 17.1. The number of morpholine rings is 1. The normalized spacial score (nSPS) is 27.5. The summed E-state index contributed by atoms with van der Waals surface area (Å²) in [5.74, 6) is 2.73. The lowest BCUT2D eigenvalue weighted by Gasteiger charge is -2.37. The molecule has 7 heteroatoms. The highest BCUT2D eigenvalue weighted by molar-refractivity contribution is 5.80. The summed E-state index contributed by atoms with van der Waals surface area (Å²) in [6.07, 6.45) is 3.67. The van der Waals surface area contributed by atoms with Crippen LogP contribution in [0.1, 0.15) is 30.9 Å². The number of aliphatic imine (C=N–C) groups is 1. The Bertz CT molecular complexity index is 718. The number of hydrogen-bond donors (Lipinski definition) is 1. The molecule has 1 aromatic rings. The molecule has 3 aliphatic heterocycles. The Balaban J connectivity index is 1.41. The summed E-state index contributed by atoms with van der Waals surface area (Å²) in [4.78, 5) is 6.75. The van der Waals surface area contributed by atoms with Gasteiger partial charge in [0.15, 0.2) is 5.96 Å². The van der Waals surface area contributed by atoms with Crippen molar-refractivity contribution in [2.75, 3.05) is 40.5 Å². The van der Waals surface area contributed by atoms with Crippen LogP contribution in [0.3, 0.4) is 0 Å². The van der Waals surface area contributed by atoms with Gasteiger partial charge in [-0.2, -0.15) is 0 Å². The van der Waals surface area contributed by atoms with Crippen LogP contribution >= 0.6 is 0 Å². The molecule has 3 unspecified atom stereocenters. The van der Waals surface area contributed by atoms with Gasteiger partial charge in [-0.25, -0.2) is 0 Å². The van der Waals surface area contributed by atoms with E-state index in [0.717, 1.165) is 62.0 Å². The third-order valence-electron chi connectivity index (χ3n) is 5.72. The van der Waals surface area contributed by atoms with Gasteiger partial charge in [-0.15, -0.1) is 0 Å². The molecule has 4 rings (SSSR count). The molecular weight excluding hydrogens is 358 g/mol. The fraction of sp³-hybridized carbons (Fsp3) is 0.667. The molecule has 3 aliphatic rings. The first kappa shape index (κ1) is 19.3. The van der Waals surface area contributed by atoms with Crippen molar-refractivity contribution >= 4 is 5.96 Å². The molecule has 0 bridgehead atoms. The lowest BCUT2D eigenvalue weighted by Crippen LogP contribution is -2.53. The first-order valence-electron chi connectivity index (χ1n) is 10.2. The maximum absolute atomic E-state index is 5.96. The minimum atomic E-state index is 0.110. The zero-order chi connectivity index (χ0) is 19.5. The summed E-state index contributed by atoms with van der Waals surface area (Å²) < 4.78 is 23.3. The van der Waals surface area contributed by atoms with Gasteiger partial charge in [-0.3, -0.25) is 4.99 Å². The smallest absolute Gasteiger partial charge is 0.194 e. The molecule has 1 aromatic carbocycles. The number of nitrogens with one attached hydrogen (secondary N) is 1. The molecule has 2 fully saturated rings. The summed E-state index contributed by atoms with van der Waals surface area (Å²) in [7, 11) is 3.54. The number of benzene rings is 1. The molecule has 0 amide bonds. The number of guanidine groups is 1. The van der Waals surface area contributed by atoms with Gasteiger partial charge in [0.1, 0.15) is 23.7 Å². The van der Waals surface area contributed by atoms with Crippen LogP contribution < -0.4 is 14.8 Å². The first-order chi connectivity index (χ1) is 13.7. The molecule has 0 aliphatic carbocycles. The Morgan fingerprint density at radius 1 is 1.29 bits per heavy atom. The maximum Gasteiger partial charge on any atom is 0.194 e. The predicted octanol–water partition coefficient (Wildman–Crippen LogP) is 1.97. The third kappa shape index (κ3) is 4.05. The predicted molar refractivity (Wildman–Crippen MR) is 107 cm³/mol. The Morgan fingerprint density at radius 3 is 2.89 bits per heavy atom. The van der Waals surface area contributed by atoms with E-state index in [0.29, 0.717) is 13.2 Å². The number of ether oxygens (including phenoxy) is 4. The standard InChI is InChI=1S/C21H31N3O4/c1-14-9-15-10-18(25-3)16(11-19(15)28-14)12-23-21(22-2)24-6-8-27-20(13-24)17-5-4-7-26-17/h10-11,14,17,20H,4-9,12-13H2,1-3H3,(H,22,23). The van der Waals surface area contributed by atoms with E-state index in [4.69, 9.17) is 18.9 Å². The van der Waals surface area contributed by atoms with Crippen LogP contribution in [-0.2, 0) is 22.4 Å². The van der Waals surface area contributed by atoms with E-state index in [9.17, 15) is 0 Å². The maximum atomic E-state index is 5.96. The van der Waals surface area contributed by atoms with Gasteiger partial charge in [-0.05, 0) is 31.9 Å². The molecule has 3 heterocycles. The summed E-state index contributed by atoms with van der Waals surface area (Å²) in [5.41, 5.74) is 2.28. The summed E-state index contributed by atoms with van der Waals surface area (Å²) in [5, 5.41) is 3.49. The topological polar surface area (TPSA) is 64.6 Å². The van der Waals surface area contributed by atoms with Gasteiger partial charge in [0.2, 0.25) is 0 Å². The highest BCUT2D eigenvalue weighted by Crippen LogP contribution is 2.35. The molecule has 7 nitrogen and oxygen atoms in total. The minimum Gasteiger partial charge on any atom is -0.496 e. The molecule has 0 spiro atoms. The molecule has 2 saturated heterocycles. The van der Waals surface area contributed by atoms with Crippen molar-refractivity contribution < 1.29 is 18.9 Å². The third-order valence-corrected chi connectivity index (χ3v) is 5.72. The van der Waals surface area contributed by atoms with Crippen LogP contribution in [0.5, 0.6) is 11.5 Å². The van der Waals surface area contributed by atoms with Gasteiger partial charge in [0, 0.05) is 50.8 Å². The largest absolute Gasteiger partial charge is 0.496 e. The average molecular weight is 389 g/mol. The van der Waals surface area contributed by atoms with Crippen LogP contribution in [0.2, 0.25) is 0 Å². The van der Waals surface area contributed by atoms with Crippen molar-refractivity contribution in [2.24, 2.45) is 4.99 Å². The highest BCUT2D eigenvalue weighted by Gasteiger charge is 2.32. The molecule has 0 aromatic heterocycles. The van der Waals surface area contributed by atoms with Crippen LogP contribution in [-0.4, -0.2) is 69.6 Å². The van der Waals surface area contributed by atoms with Crippen LogP contribution in [0, 0.1) is 0 Å². The number of hydrogen-bond acceptors (Lipinski definition) is 5. The number of nitrogens with zero attached hydrogens (tertiary/aromatic N) is 2. The van der Waals surface area contributed by atoms with Crippen molar-refractivity contribution in [3.05, 3.63) is 23.3 Å². The molecule has 154 valence electrons. The second-order valence-corrected chi connectivity index (χ2v) is 7.71. The molecule has 1 N–H and O–H groups in total. The van der Waals surface area contributed by atoms with E-state index >= 15 is 0 Å². The van der Waals surface area contributed by atoms with Crippen molar-refractivity contribution in [1.82, 2.24) is 10.2 Å². The summed E-state index contributed by atoms with van der Waals surface area (Å²) in [6, 6.07) is 4.19. The second kappa shape index (κ2) is 8.57. The highest BCUT2D eigenvalue weighted by atomic mass is 16.5. The monoisotopic (exact) mass is 389 g/mol. The lowest BCUT2D eigenvalue weighted by molar-refractivity contribution is -0.0817. The quantitative estimate of drug-likeness (QED) is 0.628. The fourth-order valence-corrected chi connectivity index (χ4v) is 4.30. The van der Waals surface area contributed by atoms with E-state index < -0.39 is 0 Å². The van der Waals surface area contributed by atoms with E-state index in [-0.39, 0.29) is 18.3 Å². The van der Waals surface area contributed by atoms with Crippen molar-refractivity contribution in [2.45, 2.75) is 51.0 Å². The first-order valence-corrected chi connectivity index (χ1v) is 10.2. The van der Waals surface area contributed by atoms with Gasteiger partial charge in [-0.1, -0.05) is 0 Å². The summed E-state index contributed by atoms with van der Waals surface area (Å²) >= 11 is 0. The Hall–Kier alpha value is -1.99. The van der Waals surface area contributed by atoms with E-state index in [2.05, 4.69) is 34.3 Å². The zero-order valence-corrected chi connectivity index (χ0v) is 17.1. The van der Waals surface area contributed by atoms with Crippen LogP contribution in [0.15, 0.2) is 17.1 Å². The van der Waals surface area contributed by atoms with Gasteiger partial charge in [0.05, 0.1) is 19.8 Å². The molecule has 28 heavy (non-hydrogen) atoms. The molecule has 3 atom stereocenters. The fourth-order valence-electron chi connectivity index (χ4n) is 4.30. The Labute approximate surface area is 167 Å². The van der Waals surface area contributed by atoms with Crippen LogP contribution in [0.4, 0.5) is 0 Å². The SMILES string of the molecule is CN=C(NCc1cc2c(cc1OC)CC(C)O2)N1CCOC(C2CCCO2)C1. The number of methoxy groups -OCH3 is 1. The Kier molecular flexibility index (Phi) is 5.92. The number of fused-ring (bicyclic) bond motifs is 1. The summed E-state index contributed by atoms with van der Waals surface area (Å²) in [6.45, 7) is 5.88. The van der Waals surface area contributed by atoms with Crippen molar-refractivity contribution in [3.8, 4) is 11.5 Å². The Morgan fingerprint density at radius 2 is 2.14 bits per heavy atom. The average Bonchev–Trinajstić information content (AvgIpc) is 3.36. The van der Waals surface area contributed by atoms with Gasteiger partial charge in [0.25, 0.3) is 0 Å². The second-order valence-electron chi connectivity index (χ2n) is 7.71. The van der Waals surface area contributed by atoms with Gasteiger partial charge < -0.3 is 29.2 Å². The van der Waals surface area contributed by atoms with E-state index in [1.807, 2.05) is 7.05 Å². The molecular formula is C21H31N3O4. The van der Waals surface area contributed by atoms with E-state index in [1.54, 1.807) is 7.11 Å². The van der Waals surface area contributed by atoms with Gasteiger partial charge >= 0.3 is 0 Å². The van der Waals surface area contributed by atoms with Crippen LogP contribution in [0.25, 0.3) is 0 Å². The van der Waals surface area contributed by atoms with E-state index in [1.165, 1.54) is 5.56 Å². The van der Waals surface area contributed by atoms with Crippen molar-refractivity contribution in [3.63, 3.8) is 0 Å². The molecule has 0 radical (unpaired) electrons. The minimum absolute atomic E-state index is 0.110. The molecule has 0 saturated carbocycles. The van der Waals surface area contributed by atoms with Crippen molar-refractivity contribution in [1.29, 1.82) is 0 Å². The lowest BCUT2D eigenvalue weighted by atomic mass is 10.1. The number of rotatable bonds is 4.